The van der Waals surface area contributed by atoms with E-state index in [4.69, 9.17) is 4.74 Å². The lowest BCUT2D eigenvalue weighted by Gasteiger charge is -2.03. The molecule has 0 bridgehead atoms. The van der Waals surface area contributed by atoms with Crippen LogP contribution in [0.4, 0.5) is 0 Å². The van der Waals surface area contributed by atoms with E-state index in [2.05, 4.69) is 21.0 Å². The van der Waals surface area contributed by atoms with Gasteiger partial charge in [-0.15, -0.1) is 0 Å². The van der Waals surface area contributed by atoms with Crippen molar-refractivity contribution in [1.82, 2.24) is 0 Å². The van der Waals surface area contributed by atoms with Crippen LogP contribution in [0.2, 0.25) is 0 Å². The first kappa shape index (κ1) is 12.0. The third-order valence-electron chi connectivity index (χ3n) is 2.07. The van der Waals surface area contributed by atoms with E-state index in [1.807, 2.05) is 0 Å². The minimum Gasteiger partial charge on any atom is -0.379 e. The van der Waals surface area contributed by atoms with Crippen LogP contribution in [-0.4, -0.2) is 6.61 Å². The molecule has 0 heterocycles. The number of hydrogen-bond acceptors (Lipinski definition) is 1. The van der Waals surface area contributed by atoms with E-state index in [0.29, 0.717) is 0 Å². The van der Waals surface area contributed by atoms with Gasteiger partial charge in [-0.3, -0.25) is 0 Å². The second-order valence-corrected chi connectivity index (χ2v) is 3.86. The van der Waals surface area contributed by atoms with E-state index >= 15 is 0 Å². The van der Waals surface area contributed by atoms with Crippen molar-refractivity contribution in [3.05, 3.63) is 7.11 Å². The number of ether oxygens (including phenoxy) is 1. The second-order valence-electron chi connectivity index (χ2n) is 3.86. The quantitative estimate of drug-likeness (QED) is 0.505. The molecular weight excluding hydrogens is 148 g/mol. The number of rotatable bonds is 8. The molecule has 0 aromatic carbocycles. The molecule has 1 nitrogen and oxygen atoms in total. The third kappa shape index (κ3) is 9.96. The van der Waals surface area contributed by atoms with Crippen LogP contribution in [0, 0.1) is 13.0 Å². The van der Waals surface area contributed by atoms with Gasteiger partial charge in [-0.1, -0.05) is 46.0 Å². The van der Waals surface area contributed by atoms with Gasteiger partial charge in [0.1, 0.15) is 0 Å². The molecule has 0 unspecified atom stereocenters. The van der Waals surface area contributed by atoms with Crippen LogP contribution in [0.3, 0.4) is 0 Å². The summed E-state index contributed by atoms with van der Waals surface area (Å²) < 4.78 is 4.74. The van der Waals surface area contributed by atoms with E-state index in [0.717, 1.165) is 12.5 Å². The molecule has 0 saturated carbocycles. The van der Waals surface area contributed by atoms with Crippen molar-refractivity contribution in [3.8, 4) is 0 Å². The maximum Gasteiger partial charge on any atom is 0.0700 e. The Morgan fingerprint density at radius 3 is 2.17 bits per heavy atom. The van der Waals surface area contributed by atoms with Gasteiger partial charge in [-0.25, -0.2) is 0 Å². The normalized spacial score (nSPS) is 11.0. The van der Waals surface area contributed by atoms with E-state index in [1.54, 1.807) is 0 Å². The van der Waals surface area contributed by atoms with Crippen LogP contribution in [0.25, 0.3) is 0 Å². The van der Waals surface area contributed by atoms with Crippen LogP contribution in [0.1, 0.15) is 52.4 Å². The molecule has 12 heavy (non-hydrogen) atoms. The predicted molar refractivity (Wildman–Crippen MR) is 53.8 cm³/mol. The number of hydrogen-bond donors (Lipinski definition) is 0. The Labute approximate surface area is 77.5 Å². The van der Waals surface area contributed by atoms with E-state index < -0.39 is 0 Å². The highest BCUT2D eigenvalue weighted by Gasteiger charge is 1.94. The lowest BCUT2D eigenvalue weighted by molar-refractivity contribution is 0.233. The molecule has 1 radical (unpaired) electrons. The highest BCUT2D eigenvalue weighted by atomic mass is 16.5. The summed E-state index contributed by atoms with van der Waals surface area (Å²) in [4.78, 5) is 0. The average Bonchev–Trinajstić information content (AvgIpc) is 2.02. The molecule has 0 fully saturated rings. The zero-order valence-corrected chi connectivity index (χ0v) is 8.64. The van der Waals surface area contributed by atoms with Crippen LogP contribution >= 0.6 is 0 Å². The summed E-state index contributed by atoms with van der Waals surface area (Å²) in [6.07, 6.45) is 7.99. The van der Waals surface area contributed by atoms with E-state index in [9.17, 15) is 0 Å². The maximum atomic E-state index is 4.74. The van der Waals surface area contributed by atoms with Crippen molar-refractivity contribution in [2.24, 2.45) is 5.92 Å². The van der Waals surface area contributed by atoms with Gasteiger partial charge in [0.05, 0.1) is 7.11 Å². The number of unbranched alkanes of at least 4 members (excludes halogenated alkanes) is 4. The summed E-state index contributed by atoms with van der Waals surface area (Å²) in [6, 6.07) is 0. The summed E-state index contributed by atoms with van der Waals surface area (Å²) in [5.41, 5.74) is 0. The molecule has 0 spiro atoms. The maximum absolute atomic E-state index is 4.74. The summed E-state index contributed by atoms with van der Waals surface area (Å²) in [7, 11) is 3.34. The predicted octanol–water partition coefficient (Wildman–Crippen LogP) is 3.79. The summed E-state index contributed by atoms with van der Waals surface area (Å²) >= 11 is 0. The van der Waals surface area contributed by atoms with Crippen LogP contribution in [-0.2, 0) is 4.74 Å². The van der Waals surface area contributed by atoms with Crippen LogP contribution in [0.15, 0.2) is 0 Å². The average molecular weight is 171 g/mol. The highest BCUT2D eigenvalue weighted by Crippen LogP contribution is 2.10. The van der Waals surface area contributed by atoms with Crippen LogP contribution < -0.4 is 0 Å². The van der Waals surface area contributed by atoms with Crippen molar-refractivity contribution in [2.45, 2.75) is 52.4 Å². The van der Waals surface area contributed by atoms with Gasteiger partial charge in [0.25, 0.3) is 0 Å². The molecule has 0 aliphatic carbocycles. The Morgan fingerprint density at radius 2 is 1.58 bits per heavy atom. The Balaban J connectivity index is 2.82. The lowest BCUT2D eigenvalue weighted by Crippen LogP contribution is -1.89. The monoisotopic (exact) mass is 171 g/mol. The van der Waals surface area contributed by atoms with E-state index in [-0.39, 0.29) is 0 Å². The molecule has 0 atom stereocenters. The minimum absolute atomic E-state index is 0.824. The minimum atomic E-state index is 0.824. The third-order valence-corrected chi connectivity index (χ3v) is 2.07. The van der Waals surface area contributed by atoms with Crippen molar-refractivity contribution >= 4 is 0 Å². The lowest BCUT2D eigenvalue weighted by atomic mass is 10.0. The van der Waals surface area contributed by atoms with Crippen molar-refractivity contribution in [1.29, 1.82) is 0 Å². The van der Waals surface area contributed by atoms with Gasteiger partial charge < -0.3 is 4.74 Å². The molecule has 0 aliphatic heterocycles. The van der Waals surface area contributed by atoms with Gasteiger partial charge in [0.15, 0.2) is 0 Å². The smallest absolute Gasteiger partial charge is 0.0700 e. The first-order valence-corrected chi connectivity index (χ1v) is 5.14. The fourth-order valence-electron chi connectivity index (χ4n) is 1.29. The van der Waals surface area contributed by atoms with Gasteiger partial charge in [-0.2, -0.15) is 0 Å². The van der Waals surface area contributed by atoms with Crippen molar-refractivity contribution in [3.63, 3.8) is 0 Å². The van der Waals surface area contributed by atoms with Gasteiger partial charge >= 0.3 is 0 Å². The fourth-order valence-corrected chi connectivity index (χ4v) is 1.29. The van der Waals surface area contributed by atoms with Gasteiger partial charge in [-0.05, 0) is 12.3 Å². The van der Waals surface area contributed by atoms with Crippen molar-refractivity contribution < 1.29 is 4.74 Å². The van der Waals surface area contributed by atoms with Crippen LogP contribution in [0.5, 0.6) is 0 Å². The molecule has 1 heteroatoms. The fraction of sp³-hybridized carbons (Fsp3) is 0.909. The molecular formula is C11H23O. The Bertz CT molecular complexity index is 79.1. The zero-order valence-electron chi connectivity index (χ0n) is 8.64. The Morgan fingerprint density at radius 1 is 1.00 bits per heavy atom. The first-order chi connectivity index (χ1) is 5.77. The van der Waals surface area contributed by atoms with Gasteiger partial charge in [0.2, 0.25) is 0 Å². The standard InChI is InChI=1S/C11H23O/c1-11(2)9-7-5-4-6-8-10-12-3/h11H,3-10H2,1-2H3. The van der Waals surface area contributed by atoms with Gasteiger partial charge in [0, 0.05) is 6.61 Å². The first-order valence-electron chi connectivity index (χ1n) is 5.14. The zero-order chi connectivity index (χ0) is 9.23. The second kappa shape index (κ2) is 9.05. The Kier molecular flexibility index (Phi) is 9.02. The van der Waals surface area contributed by atoms with E-state index in [1.165, 1.54) is 38.5 Å². The highest BCUT2D eigenvalue weighted by molar-refractivity contribution is 4.48. The summed E-state index contributed by atoms with van der Waals surface area (Å²) in [6.45, 7) is 5.40. The summed E-state index contributed by atoms with van der Waals surface area (Å²) in [5, 5.41) is 0. The molecule has 0 rings (SSSR count). The largest absolute Gasteiger partial charge is 0.379 e. The van der Waals surface area contributed by atoms with Crippen molar-refractivity contribution in [2.75, 3.05) is 6.61 Å². The molecule has 0 N–H and O–H groups in total. The Hall–Kier alpha value is -0.0400. The molecule has 73 valence electrons. The summed E-state index contributed by atoms with van der Waals surface area (Å²) in [5.74, 6) is 0.869. The molecule has 0 saturated heterocycles. The molecule has 0 aromatic rings. The molecule has 0 aliphatic rings. The molecule has 0 aromatic heterocycles. The SMILES string of the molecule is [CH2]OCCCCCCCC(C)C. The molecule has 0 amide bonds. The topological polar surface area (TPSA) is 9.23 Å².